The van der Waals surface area contributed by atoms with Crippen LogP contribution in [-0.4, -0.2) is 194 Å². The fraction of sp³-hybridized carbons (Fsp3) is 0.378. The van der Waals surface area contributed by atoms with E-state index in [2.05, 4.69) is 148 Å². The number of amides is 5. The second-order valence-corrected chi connectivity index (χ2v) is 24.9. The van der Waals surface area contributed by atoms with Gasteiger partial charge in [-0.15, -0.1) is 0 Å². The lowest BCUT2D eigenvalue weighted by atomic mass is 10.1. The molecule has 0 aliphatic carbocycles. The number of carbonyl (C=O) groups excluding carboxylic acids is 5. The number of halogens is 4. The summed E-state index contributed by atoms with van der Waals surface area (Å²) in [6, 6.07) is 32.8. The van der Waals surface area contributed by atoms with Crippen molar-refractivity contribution >= 4 is 97.3 Å². The molecule has 0 radical (unpaired) electrons. The molecule has 1 aromatic heterocycles. The van der Waals surface area contributed by atoms with Crippen molar-refractivity contribution in [3.63, 3.8) is 0 Å². The third kappa shape index (κ3) is 20.3. The van der Waals surface area contributed by atoms with Crippen LogP contribution >= 0.6 is 50.7 Å². The lowest BCUT2D eigenvalue weighted by Gasteiger charge is -2.36. The number of allylic oxidation sites excluding steroid dienone is 1. The molecule has 5 aliphatic rings. The molecule has 0 spiro atoms. The van der Waals surface area contributed by atoms with E-state index in [0.717, 1.165) is 155 Å². The van der Waals surface area contributed by atoms with E-state index in [1.165, 1.54) is 32.2 Å². The molecule has 11 rings (SSSR count). The number of fused-ring (bicyclic) bond motifs is 2. The van der Waals surface area contributed by atoms with E-state index in [-0.39, 0.29) is 37.0 Å². The molecule has 6 aromatic rings. The van der Waals surface area contributed by atoms with Gasteiger partial charge in [-0.05, 0) is 85.3 Å². The first-order chi connectivity index (χ1) is 45.7. The van der Waals surface area contributed by atoms with Crippen LogP contribution in [0.5, 0.6) is 0 Å². The van der Waals surface area contributed by atoms with Gasteiger partial charge in [-0.2, -0.15) is 0 Å². The first kappa shape index (κ1) is 75.0. The molecule has 21 heteroatoms. The number of H-pyrrole nitrogens is 1. The van der Waals surface area contributed by atoms with Gasteiger partial charge >= 0.3 is 0 Å². The van der Waals surface area contributed by atoms with E-state index in [4.69, 9.17) is 40.5 Å². The number of benzene rings is 5. The molecule has 0 unspecified atom stereocenters. The van der Waals surface area contributed by atoms with Crippen LogP contribution in [0.4, 0.5) is 17.1 Å². The summed E-state index contributed by atoms with van der Waals surface area (Å²) in [7, 11) is 0. The second kappa shape index (κ2) is 38.4. The predicted octanol–water partition coefficient (Wildman–Crippen LogP) is 12.3. The molecule has 0 saturated carbocycles. The van der Waals surface area contributed by atoms with Crippen molar-refractivity contribution in [2.75, 3.05) is 144 Å². The van der Waals surface area contributed by atoms with E-state index in [1.807, 2.05) is 37.3 Å². The van der Waals surface area contributed by atoms with Crippen LogP contribution in [0.3, 0.4) is 0 Å². The van der Waals surface area contributed by atoms with Crippen molar-refractivity contribution in [1.29, 1.82) is 0 Å². The summed E-state index contributed by atoms with van der Waals surface area (Å²) in [6.45, 7) is 24.6. The molecule has 95 heavy (non-hydrogen) atoms. The highest BCUT2D eigenvalue weighted by molar-refractivity contribution is 9.09. The number of imide groups is 2. The monoisotopic (exact) mass is 1410 g/mol. The van der Waals surface area contributed by atoms with Crippen molar-refractivity contribution in [3.8, 4) is 0 Å². The molecule has 6 heterocycles. The zero-order chi connectivity index (χ0) is 66.9. The van der Waals surface area contributed by atoms with Gasteiger partial charge in [0.15, 0.2) is 5.82 Å². The summed E-state index contributed by atoms with van der Waals surface area (Å²) in [5.74, 6) is -0.662. The normalized spacial score (nSPS) is 16.1. The van der Waals surface area contributed by atoms with Crippen molar-refractivity contribution in [2.45, 2.75) is 54.4 Å². The smallest absolute Gasteiger partial charge is 0.287 e. The molecule has 17 nitrogen and oxygen atoms in total. The van der Waals surface area contributed by atoms with Gasteiger partial charge in [-0.1, -0.05) is 188 Å². The van der Waals surface area contributed by atoms with E-state index in [9.17, 15) is 24.0 Å². The average molecular weight is 1420 g/mol. The van der Waals surface area contributed by atoms with Gasteiger partial charge in [0, 0.05) is 142 Å². The van der Waals surface area contributed by atoms with E-state index in [0.29, 0.717) is 54.3 Å². The van der Waals surface area contributed by atoms with Crippen LogP contribution in [0.15, 0.2) is 158 Å². The molecule has 5 aromatic carbocycles. The number of nitrogens with two attached hydrogens (primary N) is 1. The number of piperazine rings is 3. The Bertz CT molecular complexity index is 3580. The Balaban J connectivity index is 0.000000183. The molecule has 0 bridgehead atoms. The Labute approximate surface area is 585 Å². The predicted molar refractivity (Wildman–Crippen MR) is 394 cm³/mol. The second-order valence-electron chi connectivity index (χ2n) is 23.1. The molecule has 506 valence electrons. The number of carbonyl (C=O) groups is 5. The van der Waals surface area contributed by atoms with Gasteiger partial charge in [-0.3, -0.25) is 48.5 Å². The number of imidazole rings is 1. The summed E-state index contributed by atoms with van der Waals surface area (Å²) >= 11 is 22.9. The highest BCUT2D eigenvalue weighted by Gasteiger charge is 2.35. The van der Waals surface area contributed by atoms with Gasteiger partial charge < -0.3 is 30.7 Å². The molecule has 0 atom stereocenters. The number of anilines is 3. The number of hydrogen-bond acceptors (Lipinski definition) is 13. The van der Waals surface area contributed by atoms with Gasteiger partial charge in [-0.25, -0.2) is 4.98 Å². The molecule has 3 saturated heterocycles. The molecular weight excluding hydrogens is 1320 g/mol. The highest BCUT2D eigenvalue weighted by Crippen LogP contribution is 2.33. The largest absolute Gasteiger partial charge is 0.368 e. The maximum absolute atomic E-state index is 12.4. The van der Waals surface area contributed by atoms with Crippen LogP contribution in [-0.2, 0) is 19.3 Å². The van der Waals surface area contributed by atoms with E-state index < -0.39 is 0 Å². The van der Waals surface area contributed by atoms with E-state index >= 15 is 0 Å². The summed E-state index contributed by atoms with van der Waals surface area (Å²) in [4.78, 5) is 84.2. The van der Waals surface area contributed by atoms with Gasteiger partial charge in [0.25, 0.3) is 29.5 Å². The van der Waals surface area contributed by atoms with Crippen LogP contribution < -0.4 is 25.8 Å². The maximum atomic E-state index is 12.4. The van der Waals surface area contributed by atoms with Crippen LogP contribution in [0.1, 0.15) is 103 Å². The minimum Gasteiger partial charge on any atom is -0.368 e. The average Bonchev–Trinajstić information content (AvgIpc) is 1.70. The minimum absolute atomic E-state index is 0. The molecule has 5 aliphatic heterocycles. The quantitative estimate of drug-likeness (QED) is 0.0353. The number of aromatic amines is 1. The van der Waals surface area contributed by atoms with Crippen molar-refractivity contribution in [2.24, 2.45) is 5.73 Å². The summed E-state index contributed by atoms with van der Waals surface area (Å²) in [5.41, 5.74) is 15.4. The number of rotatable bonds is 21. The number of nitrogens with zero attached hydrogens (tertiary/aromatic N) is 9. The topological polar surface area (TPSA) is 178 Å². The Morgan fingerprint density at radius 1 is 0.495 bits per heavy atom. The fourth-order valence-corrected chi connectivity index (χ4v) is 13.0. The number of nitrogens with one attached hydrogen (secondary N) is 2. The first-order valence-corrected chi connectivity index (χ1v) is 34.8. The Kier molecular flexibility index (Phi) is 30.3. The molecular formula is C74H92BrCl3N12O5. The summed E-state index contributed by atoms with van der Waals surface area (Å²) in [6.07, 6.45) is 20.4. The number of hydrogen-bond donors (Lipinski definition) is 3. The van der Waals surface area contributed by atoms with Crippen LogP contribution in [0, 0.1) is 6.92 Å². The molecule has 4 N–H and O–H groups in total. The zero-order valence-corrected chi connectivity index (χ0v) is 58.3. The standard InChI is InChI=1S/C24H26ClN3O2.C21H28ClN5O.C16H24ClN3.C12H10BrNO2.CH4/c1-2-18-8-7-11-21(22(18)25)27-16-14-26(15-17-27)12-5-6-13-28-23(29)19-9-3-4-10-20(19)24(28)30;1-3-17-7-6-8-18(19(17)22)27-13-11-26(12-14-27)10-5-4-9-23-21(28)20-24-15-16(2)25-20;1-2-14-6-5-7-15(16(14)17)20-12-10-19(11-13-20)9-4-3-8-18;13-7-3-4-8-14-11(15)9-5-1-2-6-10(9)12(14)16;/h3-11H,2,12-17H2,1H3;4-8,15H,3,9-14H2,1-2H3,(H,23,28)(H,24,25);3-7H,2,8-13,18H2,1H3;1-6H,7-8H2;1H4/b6-5+;5-4+;2*4-3+;. The zero-order valence-electron chi connectivity index (χ0n) is 54.4. The van der Waals surface area contributed by atoms with Crippen molar-refractivity contribution < 1.29 is 24.0 Å². The number of alkyl halides is 1. The third-order valence-electron chi connectivity index (χ3n) is 17.1. The molecule has 5 amide bonds. The Morgan fingerprint density at radius 3 is 1.16 bits per heavy atom. The lowest BCUT2D eigenvalue weighted by Crippen LogP contribution is -2.46. The van der Waals surface area contributed by atoms with Gasteiger partial charge in [0.05, 0.1) is 54.4 Å². The summed E-state index contributed by atoms with van der Waals surface area (Å²) in [5, 5.41) is 6.24. The number of aromatic nitrogens is 2. The Hall–Kier alpha value is -7.39. The van der Waals surface area contributed by atoms with Gasteiger partial charge in [0.2, 0.25) is 0 Å². The first-order valence-electron chi connectivity index (χ1n) is 32.5. The minimum atomic E-state index is -0.208. The van der Waals surface area contributed by atoms with Crippen molar-refractivity contribution in [1.82, 2.24) is 39.8 Å². The van der Waals surface area contributed by atoms with E-state index in [1.54, 1.807) is 60.8 Å². The Morgan fingerprint density at radius 2 is 0.832 bits per heavy atom. The summed E-state index contributed by atoms with van der Waals surface area (Å²) < 4.78 is 0. The van der Waals surface area contributed by atoms with Gasteiger partial charge in [0.1, 0.15) is 0 Å². The molecule has 3 fully saturated rings. The van der Waals surface area contributed by atoms with Crippen LogP contribution in [0.2, 0.25) is 15.1 Å². The number of aryl methyl sites for hydroxylation is 4. The third-order valence-corrected chi connectivity index (χ3v) is 18.8. The lowest BCUT2D eigenvalue weighted by molar-refractivity contribution is 0.0656. The van der Waals surface area contributed by atoms with Crippen LogP contribution in [0.25, 0.3) is 0 Å². The SMILES string of the molecule is C.CCc1cccc(N2CCN(C/C=C/CN)CC2)c1Cl.CCc1cccc(N2CCN(C/C=C/CN3C(=O)c4ccccc4C3=O)CC2)c1Cl.CCc1cccc(N2CCN(C/C=C/CNC(=O)c3ncc(C)[nH]3)CC2)c1Cl.O=C1c2ccccc2C(=O)N1C/C=C/CBr. The highest BCUT2D eigenvalue weighted by atomic mass is 79.9. The fourth-order valence-electron chi connectivity index (χ4n) is 11.6. The maximum Gasteiger partial charge on any atom is 0.287 e. The van der Waals surface area contributed by atoms with Crippen molar-refractivity contribution in [3.05, 3.63) is 223 Å².